The molecule has 2 saturated heterocycles. The molecule has 10 heteroatoms. The zero-order valence-electron chi connectivity index (χ0n) is 23.4. The first-order chi connectivity index (χ1) is 21.1. The minimum absolute atomic E-state index is 0.115. The Hall–Kier alpha value is -4.96. The third-order valence-corrected chi connectivity index (χ3v) is 8.91. The number of pyridine rings is 1. The van der Waals surface area contributed by atoms with Gasteiger partial charge in [-0.25, -0.2) is 14.4 Å². The van der Waals surface area contributed by atoms with E-state index in [2.05, 4.69) is 36.1 Å². The smallest absolute Gasteiger partial charge is 0.253 e. The number of halogens is 1. The second-order valence-electron chi connectivity index (χ2n) is 11.4. The number of hydrogen-bond acceptors (Lipinski definition) is 6. The SMILES string of the molecule is O=C(c1ccc(-c2cccc3ncccc23)c(F)c1)N1CCC(N2CC(n3cc(-c4ncnc5[nH]ccc45)cn3)C2)CC1. The van der Waals surface area contributed by atoms with E-state index in [1.54, 1.807) is 24.7 Å². The lowest BCUT2D eigenvalue weighted by atomic mass is 9.96. The van der Waals surface area contributed by atoms with Crippen molar-refractivity contribution in [3.05, 3.63) is 97.1 Å². The molecule has 0 spiro atoms. The van der Waals surface area contributed by atoms with Gasteiger partial charge in [-0.15, -0.1) is 0 Å². The number of carbonyl (C=O) groups excluding carboxylic acids is 1. The fraction of sp³-hybridized carbons (Fsp3) is 0.242. The van der Waals surface area contributed by atoms with E-state index in [-0.39, 0.29) is 5.91 Å². The molecule has 1 N–H and O–H groups in total. The van der Waals surface area contributed by atoms with E-state index >= 15 is 4.39 Å². The number of nitrogens with one attached hydrogen (secondary N) is 1. The lowest BCUT2D eigenvalue weighted by Crippen LogP contribution is -2.56. The summed E-state index contributed by atoms with van der Waals surface area (Å²) in [5.74, 6) is -0.516. The van der Waals surface area contributed by atoms with Gasteiger partial charge in [-0.3, -0.25) is 19.4 Å². The van der Waals surface area contributed by atoms with E-state index in [9.17, 15) is 4.79 Å². The number of carbonyl (C=O) groups is 1. The van der Waals surface area contributed by atoms with Crippen molar-refractivity contribution in [2.45, 2.75) is 24.9 Å². The van der Waals surface area contributed by atoms with Crippen molar-refractivity contribution in [3.8, 4) is 22.4 Å². The van der Waals surface area contributed by atoms with Gasteiger partial charge in [-0.1, -0.05) is 24.3 Å². The molecule has 43 heavy (non-hydrogen) atoms. The number of aromatic amines is 1. The first kappa shape index (κ1) is 25.7. The molecule has 2 aromatic carbocycles. The van der Waals surface area contributed by atoms with Crippen LogP contribution in [0.2, 0.25) is 0 Å². The molecule has 0 radical (unpaired) electrons. The maximum absolute atomic E-state index is 15.3. The number of H-pyrrole nitrogens is 1. The van der Waals surface area contributed by atoms with E-state index < -0.39 is 5.82 Å². The summed E-state index contributed by atoms with van der Waals surface area (Å²) >= 11 is 0. The molecule has 0 aliphatic carbocycles. The van der Waals surface area contributed by atoms with Crippen molar-refractivity contribution in [1.29, 1.82) is 0 Å². The highest BCUT2D eigenvalue weighted by Crippen LogP contribution is 2.32. The van der Waals surface area contributed by atoms with Gasteiger partial charge >= 0.3 is 0 Å². The van der Waals surface area contributed by atoms with Crippen molar-refractivity contribution in [3.63, 3.8) is 0 Å². The Morgan fingerprint density at radius 2 is 1.79 bits per heavy atom. The van der Waals surface area contributed by atoms with Crippen LogP contribution in [0.1, 0.15) is 29.2 Å². The van der Waals surface area contributed by atoms with Crippen LogP contribution >= 0.6 is 0 Å². The zero-order chi connectivity index (χ0) is 28.9. The van der Waals surface area contributed by atoms with Crippen LogP contribution in [-0.4, -0.2) is 77.6 Å². The van der Waals surface area contributed by atoms with Crippen LogP contribution in [-0.2, 0) is 0 Å². The molecule has 0 saturated carbocycles. The van der Waals surface area contributed by atoms with E-state index in [1.807, 2.05) is 58.4 Å². The molecule has 0 bridgehead atoms. The number of fused-ring (bicyclic) bond motifs is 2. The first-order valence-electron chi connectivity index (χ1n) is 14.6. The summed E-state index contributed by atoms with van der Waals surface area (Å²) in [6.07, 6.45) is 10.9. The van der Waals surface area contributed by atoms with Crippen LogP contribution in [0.3, 0.4) is 0 Å². The van der Waals surface area contributed by atoms with Crippen molar-refractivity contribution in [2.24, 2.45) is 0 Å². The summed E-state index contributed by atoms with van der Waals surface area (Å²) in [4.78, 5) is 33.9. The highest BCUT2D eigenvalue weighted by atomic mass is 19.1. The number of rotatable bonds is 5. The Morgan fingerprint density at radius 3 is 2.65 bits per heavy atom. The van der Waals surface area contributed by atoms with Crippen LogP contribution in [0.25, 0.3) is 44.3 Å². The van der Waals surface area contributed by atoms with E-state index in [0.29, 0.717) is 36.3 Å². The topological polar surface area (TPSA) is 95.8 Å². The Bertz CT molecular complexity index is 1960. The van der Waals surface area contributed by atoms with E-state index in [4.69, 9.17) is 0 Å². The van der Waals surface area contributed by atoms with Gasteiger partial charge in [0.15, 0.2) is 0 Å². The quantitative estimate of drug-likeness (QED) is 0.300. The molecule has 6 aromatic rings. The third kappa shape index (κ3) is 4.54. The first-order valence-corrected chi connectivity index (χ1v) is 14.6. The van der Waals surface area contributed by atoms with E-state index in [0.717, 1.165) is 64.7 Å². The van der Waals surface area contributed by atoms with Gasteiger partial charge in [0, 0.05) is 78.3 Å². The lowest BCUT2D eigenvalue weighted by Gasteiger charge is -2.47. The van der Waals surface area contributed by atoms with Crippen LogP contribution in [0.15, 0.2) is 85.7 Å². The van der Waals surface area contributed by atoms with Crippen LogP contribution in [0.4, 0.5) is 4.39 Å². The highest BCUT2D eigenvalue weighted by molar-refractivity contribution is 5.97. The largest absolute Gasteiger partial charge is 0.346 e. The molecular weight excluding hydrogens is 543 g/mol. The Labute approximate surface area is 247 Å². The fourth-order valence-electron chi connectivity index (χ4n) is 6.54. The molecule has 0 unspecified atom stereocenters. The Kier molecular flexibility index (Phi) is 6.22. The van der Waals surface area contributed by atoms with Crippen molar-refractivity contribution >= 4 is 27.8 Å². The summed E-state index contributed by atoms with van der Waals surface area (Å²) < 4.78 is 17.4. The Balaban J connectivity index is 0.885. The van der Waals surface area contributed by atoms with Gasteiger partial charge in [0.05, 0.1) is 23.4 Å². The van der Waals surface area contributed by atoms with Crippen molar-refractivity contribution in [1.82, 2.24) is 39.5 Å². The number of hydrogen-bond donors (Lipinski definition) is 1. The molecule has 4 aromatic heterocycles. The molecule has 0 atom stereocenters. The van der Waals surface area contributed by atoms with Crippen LogP contribution < -0.4 is 0 Å². The highest BCUT2D eigenvalue weighted by Gasteiger charge is 2.36. The molecule has 214 valence electrons. The van der Waals surface area contributed by atoms with Gasteiger partial charge < -0.3 is 9.88 Å². The fourth-order valence-corrected chi connectivity index (χ4v) is 6.54. The van der Waals surface area contributed by atoms with Crippen molar-refractivity contribution < 1.29 is 9.18 Å². The van der Waals surface area contributed by atoms with Crippen LogP contribution in [0.5, 0.6) is 0 Å². The lowest BCUT2D eigenvalue weighted by molar-refractivity contribution is 0.0198. The van der Waals surface area contributed by atoms with Gasteiger partial charge in [-0.2, -0.15) is 5.10 Å². The van der Waals surface area contributed by atoms with Gasteiger partial charge in [0.1, 0.15) is 17.8 Å². The normalized spacial score (nSPS) is 16.6. The van der Waals surface area contributed by atoms with Gasteiger partial charge in [0.2, 0.25) is 0 Å². The predicted octanol–water partition coefficient (Wildman–Crippen LogP) is 5.34. The monoisotopic (exact) mass is 572 g/mol. The second kappa shape index (κ2) is 10.4. The third-order valence-electron chi connectivity index (χ3n) is 8.91. The summed E-state index contributed by atoms with van der Waals surface area (Å²) in [6.45, 7) is 3.18. The number of aromatic nitrogens is 6. The molecule has 6 heterocycles. The molecular formula is C33H29FN8O. The van der Waals surface area contributed by atoms with Gasteiger partial charge in [0.25, 0.3) is 5.91 Å². The maximum atomic E-state index is 15.3. The average molecular weight is 573 g/mol. The summed E-state index contributed by atoms with van der Waals surface area (Å²) in [6, 6.07) is 17.0. The molecule has 9 nitrogen and oxygen atoms in total. The molecule has 8 rings (SSSR count). The number of likely N-dealkylation sites (tertiary alicyclic amines) is 2. The summed E-state index contributed by atoms with van der Waals surface area (Å²) in [5, 5.41) is 6.50. The average Bonchev–Trinajstić information content (AvgIpc) is 3.71. The van der Waals surface area contributed by atoms with E-state index in [1.165, 1.54) is 6.07 Å². The Morgan fingerprint density at radius 1 is 0.907 bits per heavy atom. The minimum Gasteiger partial charge on any atom is -0.346 e. The second-order valence-corrected chi connectivity index (χ2v) is 11.4. The number of benzene rings is 2. The standard InChI is InChI=1S/C33H29FN8O/c34-29-15-21(6-7-26(29)25-3-1-5-30-27(25)4-2-11-35-30)33(43)40-13-9-23(10-14-40)41-18-24(19-41)42-17-22(16-39-42)31-28-8-12-36-32(28)38-20-37-31/h1-8,11-12,15-17,20,23-24H,9-10,13-14,18-19H2,(H,36,37,38). The van der Waals surface area contributed by atoms with Crippen LogP contribution in [0, 0.1) is 5.82 Å². The zero-order valence-corrected chi connectivity index (χ0v) is 23.4. The number of piperidine rings is 1. The maximum Gasteiger partial charge on any atom is 0.253 e. The molecule has 2 aliphatic heterocycles. The molecule has 2 aliphatic rings. The summed E-state index contributed by atoms with van der Waals surface area (Å²) in [7, 11) is 0. The van der Waals surface area contributed by atoms with Crippen molar-refractivity contribution in [2.75, 3.05) is 26.2 Å². The van der Waals surface area contributed by atoms with Gasteiger partial charge in [-0.05, 0) is 48.7 Å². The number of nitrogens with zero attached hydrogens (tertiary/aromatic N) is 7. The number of amides is 1. The molecule has 1 amide bonds. The predicted molar refractivity (Wildman–Crippen MR) is 162 cm³/mol. The minimum atomic E-state index is -0.400. The summed E-state index contributed by atoms with van der Waals surface area (Å²) in [5.41, 5.74) is 5.12. The molecule has 2 fully saturated rings.